The predicted octanol–water partition coefficient (Wildman–Crippen LogP) is 2.37. The highest BCUT2D eigenvalue weighted by Crippen LogP contribution is 2.30. The monoisotopic (exact) mass is 287 g/mol. The normalized spacial score (nSPS) is 17.8. The van der Waals surface area contributed by atoms with Gasteiger partial charge in [-0.3, -0.25) is 9.69 Å². The van der Waals surface area contributed by atoms with Crippen LogP contribution >= 0.6 is 11.8 Å². The molecule has 0 aromatic heterocycles. The summed E-state index contributed by atoms with van der Waals surface area (Å²) in [5.74, 6) is -1.40. The molecule has 5 heteroatoms. The highest BCUT2D eigenvalue weighted by molar-refractivity contribution is 8.05. The molecular formula is C15H13NO3S. The quantitative estimate of drug-likeness (QED) is 0.907. The molecule has 0 bridgehead atoms. The van der Waals surface area contributed by atoms with Crippen molar-refractivity contribution in [2.75, 3.05) is 0 Å². The Labute approximate surface area is 120 Å². The summed E-state index contributed by atoms with van der Waals surface area (Å²) in [5.41, 5.74) is 2.39. The van der Waals surface area contributed by atoms with Crippen molar-refractivity contribution in [3.8, 4) is 0 Å². The first-order valence-electron chi connectivity index (χ1n) is 6.32. The molecule has 1 aliphatic carbocycles. The number of carbonyl (C=O) groups excluding carboxylic acids is 1. The Hall–Kier alpha value is -2.01. The first-order valence-corrected chi connectivity index (χ1v) is 7.26. The Morgan fingerprint density at radius 3 is 2.45 bits per heavy atom. The molecular weight excluding hydrogens is 274 g/mol. The van der Waals surface area contributed by atoms with Gasteiger partial charge in [-0.2, -0.15) is 0 Å². The number of carboxylic acids is 1. The Morgan fingerprint density at radius 2 is 1.85 bits per heavy atom. The van der Waals surface area contributed by atoms with Crippen LogP contribution in [0.25, 0.3) is 0 Å². The van der Waals surface area contributed by atoms with Crippen molar-refractivity contribution < 1.29 is 14.7 Å². The Balaban J connectivity index is 1.81. The van der Waals surface area contributed by atoms with Crippen LogP contribution in [0.3, 0.4) is 0 Å². The zero-order valence-corrected chi connectivity index (χ0v) is 11.5. The molecule has 3 rings (SSSR count). The summed E-state index contributed by atoms with van der Waals surface area (Å²) in [5, 5.41) is 12.4. The molecule has 0 spiro atoms. The van der Waals surface area contributed by atoms with Gasteiger partial charge in [-0.25, -0.2) is 4.79 Å². The number of amides is 1. The van der Waals surface area contributed by atoms with Crippen LogP contribution in [0.4, 0.5) is 0 Å². The summed E-state index contributed by atoms with van der Waals surface area (Å²) < 4.78 is 0. The molecule has 1 amide bonds. The Bertz CT molecular complexity index is 611. The lowest BCUT2D eigenvalue weighted by Gasteiger charge is -2.23. The molecule has 4 nitrogen and oxygen atoms in total. The third-order valence-electron chi connectivity index (χ3n) is 3.58. The number of thioether (sulfide) groups is 1. The maximum Gasteiger partial charge on any atom is 0.353 e. The molecule has 0 radical (unpaired) electrons. The minimum Gasteiger partial charge on any atom is -0.477 e. The van der Waals surface area contributed by atoms with Crippen LogP contribution in [0.2, 0.25) is 0 Å². The van der Waals surface area contributed by atoms with E-state index in [2.05, 4.69) is 0 Å². The lowest BCUT2D eigenvalue weighted by atomic mass is 10.0. The lowest BCUT2D eigenvalue weighted by Crippen LogP contribution is -2.35. The molecule has 1 aromatic carbocycles. The van der Waals surface area contributed by atoms with Crippen LogP contribution < -0.4 is 0 Å². The van der Waals surface area contributed by atoms with E-state index in [9.17, 15) is 9.59 Å². The summed E-state index contributed by atoms with van der Waals surface area (Å²) in [6, 6.07) is 7.98. The van der Waals surface area contributed by atoms with E-state index >= 15 is 0 Å². The van der Waals surface area contributed by atoms with Gasteiger partial charge in [0.2, 0.25) is 5.91 Å². The van der Waals surface area contributed by atoms with Crippen LogP contribution in [0.5, 0.6) is 0 Å². The zero-order chi connectivity index (χ0) is 14.1. The van der Waals surface area contributed by atoms with E-state index in [-0.39, 0.29) is 17.5 Å². The second-order valence-corrected chi connectivity index (χ2v) is 5.59. The molecule has 1 aromatic rings. The fourth-order valence-corrected chi connectivity index (χ4v) is 3.23. The summed E-state index contributed by atoms with van der Waals surface area (Å²) in [6.45, 7) is 0. The van der Waals surface area contributed by atoms with Crippen LogP contribution in [0, 0.1) is 5.92 Å². The van der Waals surface area contributed by atoms with E-state index in [1.165, 1.54) is 33.2 Å². The van der Waals surface area contributed by atoms with Crippen LogP contribution in [-0.4, -0.2) is 21.9 Å². The number of nitrogens with zero attached hydrogens (tertiary/aromatic N) is 1. The molecule has 1 heterocycles. The van der Waals surface area contributed by atoms with Crippen molar-refractivity contribution in [1.29, 1.82) is 0 Å². The van der Waals surface area contributed by atoms with Crippen molar-refractivity contribution in [2.45, 2.75) is 12.8 Å². The number of aliphatic carboxylic acids is 1. The van der Waals surface area contributed by atoms with Crippen molar-refractivity contribution >= 4 is 23.6 Å². The second-order valence-electron chi connectivity index (χ2n) is 4.81. The number of benzene rings is 1. The van der Waals surface area contributed by atoms with Crippen LogP contribution in [0.15, 0.2) is 47.0 Å². The molecule has 1 N–H and O–H groups in total. The summed E-state index contributed by atoms with van der Waals surface area (Å²) >= 11 is 1.27. The van der Waals surface area contributed by atoms with Gasteiger partial charge in [-0.05, 0) is 29.4 Å². The van der Waals surface area contributed by atoms with Gasteiger partial charge in [0.05, 0.1) is 0 Å². The molecule has 0 atom stereocenters. The van der Waals surface area contributed by atoms with E-state index in [0.717, 1.165) is 0 Å². The van der Waals surface area contributed by atoms with Crippen molar-refractivity contribution in [1.82, 2.24) is 4.90 Å². The standard InChI is InChI=1S/C15H13NO3S/c17-14(16-5-6-20-9-13(16)15(18)19)12-7-10-3-1-2-4-11(10)8-12/h1-6,9,12H,7-8H2,(H,18,19). The number of carboxylic acid groups (broad SMARTS) is 1. The van der Waals surface area contributed by atoms with Gasteiger partial charge in [0.25, 0.3) is 0 Å². The van der Waals surface area contributed by atoms with Gasteiger partial charge in [0.1, 0.15) is 5.70 Å². The molecule has 0 saturated heterocycles. The first-order chi connectivity index (χ1) is 9.66. The summed E-state index contributed by atoms with van der Waals surface area (Å²) in [4.78, 5) is 25.0. The smallest absolute Gasteiger partial charge is 0.353 e. The third kappa shape index (κ3) is 2.25. The number of hydrogen-bond donors (Lipinski definition) is 1. The minimum absolute atomic E-state index is 0.0263. The molecule has 0 fully saturated rings. The maximum absolute atomic E-state index is 12.5. The average Bonchev–Trinajstić information content (AvgIpc) is 2.90. The Kier molecular flexibility index (Phi) is 3.36. The number of fused-ring (bicyclic) bond motifs is 1. The minimum atomic E-state index is -1.08. The van der Waals surface area contributed by atoms with Gasteiger partial charge >= 0.3 is 5.97 Å². The number of carbonyl (C=O) groups is 2. The first kappa shape index (κ1) is 13.0. The average molecular weight is 287 g/mol. The van der Waals surface area contributed by atoms with Gasteiger partial charge in [0.15, 0.2) is 0 Å². The van der Waals surface area contributed by atoms with Crippen molar-refractivity contribution in [3.63, 3.8) is 0 Å². The van der Waals surface area contributed by atoms with Gasteiger partial charge in [0, 0.05) is 17.5 Å². The fraction of sp³-hybridized carbons (Fsp3) is 0.200. The Morgan fingerprint density at radius 1 is 1.20 bits per heavy atom. The SMILES string of the molecule is O=C(O)C1=CSC=CN1C(=O)C1Cc2ccccc2C1. The predicted molar refractivity (Wildman–Crippen MR) is 76.6 cm³/mol. The molecule has 0 unspecified atom stereocenters. The molecule has 2 aliphatic rings. The fourth-order valence-electron chi connectivity index (χ4n) is 2.61. The second kappa shape index (κ2) is 5.17. The highest BCUT2D eigenvalue weighted by Gasteiger charge is 2.33. The van der Waals surface area contributed by atoms with E-state index < -0.39 is 5.97 Å². The molecule has 102 valence electrons. The van der Waals surface area contributed by atoms with E-state index in [1.54, 1.807) is 11.6 Å². The van der Waals surface area contributed by atoms with Gasteiger partial charge < -0.3 is 5.11 Å². The van der Waals surface area contributed by atoms with Crippen molar-refractivity contribution in [2.24, 2.45) is 5.92 Å². The summed E-state index contributed by atoms with van der Waals surface area (Å²) in [6.07, 6.45) is 2.90. The van der Waals surface area contributed by atoms with E-state index in [0.29, 0.717) is 12.8 Å². The van der Waals surface area contributed by atoms with Crippen molar-refractivity contribution in [3.05, 3.63) is 58.1 Å². The van der Waals surface area contributed by atoms with E-state index in [1.807, 2.05) is 24.3 Å². The van der Waals surface area contributed by atoms with E-state index in [4.69, 9.17) is 5.11 Å². The number of hydrogen-bond acceptors (Lipinski definition) is 3. The summed E-state index contributed by atoms with van der Waals surface area (Å²) in [7, 11) is 0. The van der Waals surface area contributed by atoms with Gasteiger partial charge in [-0.15, -0.1) is 11.8 Å². The molecule has 0 saturated carbocycles. The topological polar surface area (TPSA) is 57.6 Å². The molecule has 20 heavy (non-hydrogen) atoms. The molecule has 1 aliphatic heterocycles. The van der Waals surface area contributed by atoms with Crippen LogP contribution in [-0.2, 0) is 22.4 Å². The highest BCUT2D eigenvalue weighted by atomic mass is 32.2. The third-order valence-corrected chi connectivity index (χ3v) is 4.22. The van der Waals surface area contributed by atoms with Gasteiger partial charge in [-0.1, -0.05) is 24.3 Å². The zero-order valence-electron chi connectivity index (χ0n) is 10.7. The maximum atomic E-state index is 12.5. The lowest BCUT2D eigenvalue weighted by molar-refractivity contribution is -0.139. The number of rotatable bonds is 2. The largest absolute Gasteiger partial charge is 0.477 e. The van der Waals surface area contributed by atoms with Crippen LogP contribution in [0.1, 0.15) is 11.1 Å².